The molecular formula is C17H20F3N3O2. The van der Waals surface area contributed by atoms with Crippen LogP contribution < -0.4 is 0 Å². The zero-order valence-electron chi connectivity index (χ0n) is 14.3. The first kappa shape index (κ1) is 19.0. The first-order valence-corrected chi connectivity index (χ1v) is 8.00. The minimum Gasteiger partial charge on any atom is -0.466 e. The summed E-state index contributed by atoms with van der Waals surface area (Å²) in [5, 5.41) is 4.28. The van der Waals surface area contributed by atoms with Crippen molar-refractivity contribution in [3.63, 3.8) is 0 Å². The summed E-state index contributed by atoms with van der Waals surface area (Å²) in [7, 11) is 0. The summed E-state index contributed by atoms with van der Waals surface area (Å²) < 4.78 is 45.6. The first-order chi connectivity index (χ1) is 11.7. The highest BCUT2D eigenvalue weighted by molar-refractivity contribution is 5.69. The van der Waals surface area contributed by atoms with E-state index in [4.69, 9.17) is 4.74 Å². The summed E-state index contributed by atoms with van der Waals surface area (Å²) >= 11 is 0. The van der Waals surface area contributed by atoms with Crippen molar-refractivity contribution < 1.29 is 22.7 Å². The van der Waals surface area contributed by atoms with E-state index in [9.17, 15) is 18.0 Å². The molecule has 0 saturated heterocycles. The number of aromatic nitrogens is 3. The second kappa shape index (κ2) is 7.67. The maximum atomic E-state index is 13.2. The summed E-state index contributed by atoms with van der Waals surface area (Å²) in [6.45, 7) is 5.79. The zero-order chi connectivity index (χ0) is 18.6. The van der Waals surface area contributed by atoms with E-state index in [0.29, 0.717) is 17.7 Å². The lowest BCUT2D eigenvalue weighted by Crippen LogP contribution is -2.12. The minimum absolute atomic E-state index is 0.00325. The number of rotatable bonds is 6. The number of hydrogen-bond donors (Lipinski definition) is 0. The Hall–Kier alpha value is -2.38. The number of pyridine rings is 1. The van der Waals surface area contributed by atoms with Crippen LogP contribution in [-0.4, -0.2) is 27.3 Å². The summed E-state index contributed by atoms with van der Waals surface area (Å²) in [5.41, 5.74) is 0.495. The van der Waals surface area contributed by atoms with Gasteiger partial charge in [-0.25, -0.2) is 9.67 Å². The van der Waals surface area contributed by atoms with Crippen molar-refractivity contribution in [1.29, 1.82) is 0 Å². The molecule has 8 heteroatoms. The molecule has 0 unspecified atom stereocenters. The molecule has 0 aromatic carbocycles. The van der Waals surface area contributed by atoms with Gasteiger partial charge < -0.3 is 4.74 Å². The van der Waals surface area contributed by atoms with Crippen molar-refractivity contribution in [2.24, 2.45) is 0 Å². The summed E-state index contributed by atoms with van der Waals surface area (Å²) in [6, 6.07) is 2.21. The number of aryl methyl sites for hydroxylation is 1. The Kier molecular flexibility index (Phi) is 5.81. The minimum atomic E-state index is -4.53. The fourth-order valence-electron chi connectivity index (χ4n) is 2.48. The molecule has 0 bridgehead atoms. The second-order valence-electron chi connectivity index (χ2n) is 5.82. The molecule has 2 aromatic rings. The summed E-state index contributed by atoms with van der Waals surface area (Å²) in [6.07, 6.45) is -1.24. The van der Waals surface area contributed by atoms with Crippen molar-refractivity contribution >= 4 is 5.97 Å². The van der Waals surface area contributed by atoms with Crippen LogP contribution in [0, 0.1) is 0 Å². The SMILES string of the molecule is CCOC(=O)CCc1cn(-c2ncccc2C(F)(F)F)nc1C(C)C. The molecule has 0 aliphatic rings. The van der Waals surface area contributed by atoms with E-state index in [1.54, 1.807) is 6.92 Å². The van der Waals surface area contributed by atoms with Gasteiger partial charge in [-0.3, -0.25) is 4.79 Å². The van der Waals surface area contributed by atoms with Crippen LogP contribution in [0.1, 0.15) is 49.9 Å². The van der Waals surface area contributed by atoms with Crippen LogP contribution in [-0.2, 0) is 22.1 Å². The monoisotopic (exact) mass is 355 g/mol. The molecule has 0 aliphatic heterocycles. The fourth-order valence-corrected chi connectivity index (χ4v) is 2.48. The molecule has 0 atom stereocenters. The van der Waals surface area contributed by atoms with Crippen LogP contribution >= 0.6 is 0 Å². The van der Waals surface area contributed by atoms with Crippen LogP contribution in [0.2, 0.25) is 0 Å². The number of carbonyl (C=O) groups is 1. The average molecular weight is 355 g/mol. The lowest BCUT2D eigenvalue weighted by molar-refractivity contribution is -0.143. The highest BCUT2D eigenvalue weighted by atomic mass is 19.4. The van der Waals surface area contributed by atoms with E-state index in [1.165, 1.54) is 18.5 Å². The van der Waals surface area contributed by atoms with E-state index in [0.717, 1.165) is 10.7 Å². The summed E-state index contributed by atoms with van der Waals surface area (Å²) in [4.78, 5) is 15.4. The van der Waals surface area contributed by atoms with E-state index in [-0.39, 0.29) is 30.7 Å². The predicted molar refractivity (Wildman–Crippen MR) is 85.4 cm³/mol. The number of nitrogens with zero attached hydrogens (tertiary/aromatic N) is 3. The standard InChI is InChI=1S/C17H20F3N3O2/c1-4-25-14(24)8-7-12-10-23(22-15(12)11(2)3)16-13(17(18,19)20)6-5-9-21-16/h5-6,9-11H,4,7-8H2,1-3H3. The van der Waals surface area contributed by atoms with Gasteiger partial charge in [0.05, 0.1) is 12.3 Å². The molecule has 2 heterocycles. The molecule has 136 valence electrons. The number of carbonyl (C=O) groups excluding carboxylic acids is 1. The van der Waals surface area contributed by atoms with Crippen molar-refractivity contribution in [3.8, 4) is 5.82 Å². The largest absolute Gasteiger partial charge is 0.466 e. The molecule has 25 heavy (non-hydrogen) atoms. The smallest absolute Gasteiger partial charge is 0.420 e. The van der Waals surface area contributed by atoms with Crippen LogP contribution in [0.25, 0.3) is 5.82 Å². The third-order valence-corrected chi connectivity index (χ3v) is 3.58. The molecule has 0 amide bonds. The quantitative estimate of drug-likeness (QED) is 0.738. The normalized spacial score (nSPS) is 11.8. The molecule has 0 N–H and O–H groups in total. The Labute approximate surface area is 143 Å². The van der Waals surface area contributed by atoms with Gasteiger partial charge in [-0.2, -0.15) is 18.3 Å². The molecule has 2 rings (SSSR count). The average Bonchev–Trinajstić information content (AvgIpc) is 2.97. The third kappa shape index (κ3) is 4.58. The van der Waals surface area contributed by atoms with Crippen LogP contribution in [0.5, 0.6) is 0 Å². The molecule has 5 nitrogen and oxygen atoms in total. The van der Waals surface area contributed by atoms with Crippen LogP contribution in [0.4, 0.5) is 13.2 Å². The van der Waals surface area contributed by atoms with Crippen molar-refractivity contribution in [1.82, 2.24) is 14.8 Å². The van der Waals surface area contributed by atoms with Crippen LogP contribution in [0.3, 0.4) is 0 Å². The lowest BCUT2D eigenvalue weighted by Gasteiger charge is -2.11. The molecule has 0 aliphatic carbocycles. The zero-order valence-corrected chi connectivity index (χ0v) is 14.3. The number of halogens is 3. The van der Waals surface area contributed by atoms with Crippen molar-refractivity contribution in [2.45, 2.75) is 45.7 Å². The van der Waals surface area contributed by atoms with Crippen molar-refractivity contribution in [2.75, 3.05) is 6.61 Å². The molecule has 0 fully saturated rings. The third-order valence-electron chi connectivity index (χ3n) is 3.58. The summed E-state index contributed by atoms with van der Waals surface area (Å²) in [5.74, 6) is -0.630. The lowest BCUT2D eigenvalue weighted by atomic mass is 10.0. The highest BCUT2D eigenvalue weighted by Gasteiger charge is 2.35. The Morgan fingerprint density at radius 1 is 1.36 bits per heavy atom. The maximum absolute atomic E-state index is 13.2. The van der Waals surface area contributed by atoms with Gasteiger partial charge in [0.15, 0.2) is 5.82 Å². The van der Waals surface area contributed by atoms with Gasteiger partial charge in [-0.05, 0) is 37.0 Å². The molecular weight excluding hydrogens is 335 g/mol. The Balaban J connectivity index is 2.38. The maximum Gasteiger partial charge on any atom is 0.420 e. The first-order valence-electron chi connectivity index (χ1n) is 8.00. The van der Waals surface area contributed by atoms with Gasteiger partial charge in [0.2, 0.25) is 0 Å². The topological polar surface area (TPSA) is 57.0 Å². The molecule has 0 spiro atoms. The number of hydrogen-bond acceptors (Lipinski definition) is 4. The van der Waals surface area contributed by atoms with Gasteiger partial charge in [-0.15, -0.1) is 0 Å². The molecule has 0 radical (unpaired) electrons. The Morgan fingerprint density at radius 3 is 2.68 bits per heavy atom. The highest BCUT2D eigenvalue weighted by Crippen LogP contribution is 2.33. The van der Waals surface area contributed by atoms with Gasteiger partial charge in [0.25, 0.3) is 0 Å². The molecule has 2 aromatic heterocycles. The van der Waals surface area contributed by atoms with Gasteiger partial charge in [-0.1, -0.05) is 13.8 Å². The fraction of sp³-hybridized carbons (Fsp3) is 0.471. The number of ether oxygens (including phenoxy) is 1. The van der Waals surface area contributed by atoms with Gasteiger partial charge in [0, 0.05) is 18.8 Å². The van der Waals surface area contributed by atoms with E-state index < -0.39 is 11.7 Å². The van der Waals surface area contributed by atoms with E-state index >= 15 is 0 Å². The molecule has 0 saturated carbocycles. The Bertz CT molecular complexity index is 739. The number of esters is 1. The van der Waals surface area contributed by atoms with E-state index in [2.05, 4.69) is 10.1 Å². The van der Waals surface area contributed by atoms with Gasteiger partial charge in [0.1, 0.15) is 5.56 Å². The van der Waals surface area contributed by atoms with Crippen LogP contribution in [0.15, 0.2) is 24.5 Å². The van der Waals surface area contributed by atoms with E-state index in [1.807, 2.05) is 13.8 Å². The Morgan fingerprint density at radius 2 is 2.08 bits per heavy atom. The predicted octanol–water partition coefficient (Wildman–Crippen LogP) is 3.91. The van der Waals surface area contributed by atoms with Gasteiger partial charge >= 0.3 is 12.1 Å². The van der Waals surface area contributed by atoms with Crippen molar-refractivity contribution in [3.05, 3.63) is 41.3 Å². The second-order valence-corrected chi connectivity index (χ2v) is 5.82. The number of alkyl halides is 3.